The fourth-order valence-electron chi connectivity index (χ4n) is 7.82. The largest absolute Gasteiger partial charge is 0.462 e. The molecule has 1 spiro atoms. The Morgan fingerprint density at radius 1 is 0.818 bits per heavy atom. The summed E-state index contributed by atoms with van der Waals surface area (Å²) in [6, 6.07) is 0. The highest BCUT2D eigenvalue weighted by molar-refractivity contribution is 5.89. The first-order valence-electron chi connectivity index (χ1n) is 14.5. The van der Waals surface area contributed by atoms with Crippen LogP contribution in [0.15, 0.2) is 11.6 Å². The second-order valence-corrected chi connectivity index (χ2v) is 12.7. The molecule has 44 heavy (non-hydrogen) atoms. The fourth-order valence-corrected chi connectivity index (χ4v) is 7.82. The average molecular weight is 623 g/mol. The molecule has 242 valence electrons. The summed E-state index contributed by atoms with van der Waals surface area (Å²) >= 11 is 0. The molecule has 0 N–H and O–H groups in total. The number of epoxide rings is 2. The smallest absolute Gasteiger partial charge is 0.342 e. The molecule has 0 aromatic carbocycles. The van der Waals surface area contributed by atoms with Gasteiger partial charge in [-0.3, -0.25) is 24.0 Å². The van der Waals surface area contributed by atoms with Crippen LogP contribution in [-0.2, 0) is 66.7 Å². The van der Waals surface area contributed by atoms with Crippen molar-refractivity contribution in [3.63, 3.8) is 0 Å². The molecule has 3 heterocycles. The Morgan fingerprint density at radius 2 is 1.39 bits per heavy atom. The predicted octanol–water partition coefficient (Wildman–Crippen LogP) is 1.24. The molecule has 0 amide bonds. The first kappa shape index (κ1) is 31.9. The quantitative estimate of drug-likeness (QED) is 0.178. The van der Waals surface area contributed by atoms with Gasteiger partial charge in [0.25, 0.3) is 0 Å². The average Bonchev–Trinajstić information content (AvgIpc) is 3.72. The van der Waals surface area contributed by atoms with E-state index in [4.69, 9.17) is 37.9 Å². The Balaban J connectivity index is 1.81. The Morgan fingerprint density at radius 3 is 1.91 bits per heavy atom. The van der Waals surface area contributed by atoms with E-state index in [1.165, 1.54) is 47.6 Å². The van der Waals surface area contributed by atoms with E-state index >= 15 is 0 Å². The lowest BCUT2D eigenvalue weighted by molar-refractivity contribution is -0.215. The van der Waals surface area contributed by atoms with Gasteiger partial charge in [-0.2, -0.15) is 0 Å². The second kappa shape index (κ2) is 10.5. The second-order valence-electron chi connectivity index (χ2n) is 12.7. The molecule has 2 aliphatic carbocycles. The van der Waals surface area contributed by atoms with Crippen molar-refractivity contribution in [2.75, 3.05) is 6.61 Å². The van der Waals surface area contributed by atoms with Crippen molar-refractivity contribution in [3.8, 4) is 0 Å². The normalized spacial score (nSPS) is 44.4. The molecular formula is C30H38O14. The van der Waals surface area contributed by atoms with Gasteiger partial charge in [0.2, 0.25) is 0 Å². The highest BCUT2D eigenvalue weighted by Gasteiger charge is 2.89. The molecule has 4 fully saturated rings. The number of hydrogen-bond donors (Lipinski definition) is 0. The SMILES string of the molecule is CC(=O)OC/C1=C/[C@@H]2OC(=O)[C@]3(C)O[C@]23[C@H](OC(C)=O)[C@H]2[C@@]3(C)O[C@H]3C[C@H](OC(C)=O)[C@]2(C)[C@@H](OC(C)=O)C[C@H]1OC(C)=O. The van der Waals surface area contributed by atoms with Crippen LogP contribution in [0.4, 0.5) is 0 Å². The highest BCUT2D eigenvalue weighted by Crippen LogP contribution is 2.69. The zero-order valence-corrected chi connectivity index (χ0v) is 26.0. The van der Waals surface area contributed by atoms with Crippen LogP contribution in [-0.4, -0.2) is 95.8 Å². The zero-order chi connectivity index (χ0) is 32.6. The van der Waals surface area contributed by atoms with Crippen LogP contribution in [0.5, 0.6) is 0 Å². The van der Waals surface area contributed by atoms with Crippen molar-refractivity contribution in [2.45, 2.75) is 122 Å². The van der Waals surface area contributed by atoms with Crippen LogP contribution < -0.4 is 0 Å². The van der Waals surface area contributed by atoms with E-state index in [-0.39, 0.29) is 25.0 Å². The lowest BCUT2D eigenvalue weighted by Crippen LogP contribution is -2.66. The molecule has 1 saturated carbocycles. The summed E-state index contributed by atoms with van der Waals surface area (Å²) in [6.45, 7) is 10.7. The number of ether oxygens (including phenoxy) is 8. The maximum absolute atomic E-state index is 13.3. The lowest BCUT2D eigenvalue weighted by Gasteiger charge is -2.54. The third-order valence-electron chi connectivity index (χ3n) is 9.80. The highest BCUT2D eigenvalue weighted by atomic mass is 16.7. The molecule has 3 aliphatic heterocycles. The third-order valence-corrected chi connectivity index (χ3v) is 9.80. The summed E-state index contributed by atoms with van der Waals surface area (Å²) < 4.78 is 47.2. The molecule has 0 bridgehead atoms. The van der Waals surface area contributed by atoms with Gasteiger partial charge in [-0.1, -0.05) is 6.92 Å². The zero-order valence-electron chi connectivity index (χ0n) is 26.0. The van der Waals surface area contributed by atoms with E-state index in [1.807, 2.05) is 6.92 Å². The monoisotopic (exact) mass is 622 g/mol. The predicted molar refractivity (Wildman–Crippen MR) is 143 cm³/mol. The van der Waals surface area contributed by atoms with Crippen molar-refractivity contribution in [3.05, 3.63) is 11.6 Å². The van der Waals surface area contributed by atoms with Gasteiger partial charge in [-0.05, 0) is 19.9 Å². The molecule has 0 aromatic heterocycles. The van der Waals surface area contributed by atoms with Gasteiger partial charge in [-0.15, -0.1) is 0 Å². The number of carbonyl (C=O) groups is 6. The minimum Gasteiger partial charge on any atom is -0.462 e. The molecule has 0 aromatic rings. The number of fused-ring (bicyclic) bond motifs is 3. The Kier molecular flexibility index (Phi) is 7.64. The molecule has 0 radical (unpaired) electrons. The fraction of sp³-hybridized carbons (Fsp3) is 0.733. The molecule has 5 aliphatic rings. The molecule has 14 heteroatoms. The first-order chi connectivity index (χ1) is 20.4. The van der Waals surface area contributed by atoms with Crippen molar-refractivity contribution in [1.82, 2.24) is 0 Å². The summed E-state index contributed by atoms with van der Waals surface area (Å²) in [5.41, 5.74) is -5.40. The molecule has 14 nitrogen and oxygen atoms in total. The van der Waals surface area contributed by atoms with Gasteiger partial charge in [0, 0.05) is 59.0 Å². The van der Waals surface area contributed by atoms with Crippen molar-refractivity contribution >= 4 is 35.8 Å². The number of esters is 6. The molecule has 5 rings (SSSR count). The van der Waals surface area contributed by atoms with E-state index in [2.05, 4.69) is 0 Å². The summed E-state index contributed by atoms with van der Waals surface area (Å²) in [6.07, 6.45) is -4.67. The lowest BCUT2D eigenvalue weighted by atomic mass is 9.53. The molecule has 11 atom stereocenters. The van der Waals surface area contributed by atoms with E-state index in [0.717, 1.165) is 0 Å². The van der Waals surface area contributed by atoms with Crippen LogP contribution in [0.1, 0.15) is 68.2 Å². The minimum absolute atomic E-state index is 0.184. The van der Waals surface area contributed by atoms with Crippen LogP contribution in [0.25, 0.3) is 0 Å². The van der Waals surface area contributed by atoms with Crippen LogP contribution in [0.2, 0.25) is 0 Å². The summed E-state index contributed by atoms with van der Waals surface area (Å²) in [7, 11) is 0. The topological polar surface area (TPSA) is 183 Å². The summed E-state index contributed by atoms with van der Waals surface area (Å²) in [4.78, 5) is 75.6. The third kappa shape index (κ3) is 4.86. The van der Waals surface area contributed by atoms with E-state index in [9.17, 15) is 28.8 Å². The van der Waals surface area contributed by atoms with E-state index < -0.39 is 101 Å². The van der Waals surface area contributed by atoms with E-state index in [0.29, 0.717) is 0 Å². The van der Waals surface area contributed by atoms with Crippen LogP contribution in [0.3, 0.4) is 0 Å². The van der Waals surface area contributed by atoms with Gasteiger partial charge >= 0.3 is 35.8 Å². The number of carbonyl (C=O) groups excluding carboxylic acids is 6. The van der Waals surface area contributed by atoms with Crippen molar-refractivity contribution < 1.29 is 66.7 Å². The van der Waals surface area contributed by atoms with Crippen LogP contribution >= 0.6 is 0 Å². The standard InChI is InChI=1S/C30H38O14/c1-13(31)37-12-18-9-23-30(29(8,44-30)26(36)42-23)25(41-17(5)35)24-27(6,20(39-15(3)33)10-19(18)38-14(2)32)21(40-16(4)34)11-22-28(24,7)43-22/h9,19-25H,10-12H2,1-8H3/b18-9-/t19-,20+,21+,22+,23+,24-,25-,27+,28+,29+,30+/m1/s1. The maximum atomic E-state index is 13.3. The number of rotatable bonds is 6. The molecular weight excluding hydrogens is 584 g/mol. The minimum atomic E-state index is -1.63. The van der Waals surface area contributed by atoms with Gasteiger partial charge in [0.05, 0.1) is 17.1 Å². The summed E-state index contributed by atoms with van der Waals surface area (Å²) in [5, 5.41) is 0. The molecule has 3 saturated heterocycles. The summed E-state index contributed by atoms with van der Waals surface area (Å²) in [5.74, 6) is -4.95. The Hall–Kier alpha value is -3.52. The Labute approximate surface area is 253 Å². The van der Waals surface area contributed by atoms with Gasteiger partial charge in [0.15, 0.2) is 17.3 Å². The van der Waals surface area contributed by atoms with Gasteiger partial charge < -0.3 is 37.9 Å². The van der Waals surface area contributed by atoms with E-state index in [1.54, 1.807) is 6.92 Å². The van der Waals surface area contributed by atoms with Crippen molar-refractivity contribution in [1.29, 1.82) is 0 Å². The van der Waals surface area contributed by atoms with Gasteiger partial charge in [0.1, 0.15) is 31.0 Å². The number of hydrogen-bond acceptors (Lipinski definition) is 14. The Bertz CT molecular complexity index is 1340. The van der Waals surface area contributed by atoms with Crippen molar-refractivity contribution in [2.24, 2.45) is 11.3 Å². The first-order valence-corrected chi connectivity index (χ1v) is 14.5. The van der Waals surface area contributed by atoms with Gasteiger partial charge in [-0.25, -0.2) is 4.79 Å². The molecule has 0 unspecified atom stereocenters. The maximum Gasteiger partial charge on any atom is 0.342 e. The van der Waals surface area contributed by atoms with Crippen LogP contribution in [0, 0.1) is 11.3 Å².